The van der Waals surface area contributed by atoms with Gasteiger partial charge in [-0.25, -0.2) is 4.39 Å². The zero-order valence-corrected chi connectivity index (χ0v) is 10.6. The minimum absolute atomic E-state index is 0.0284. The van der Waals surface area contributed by atoms with Crippen LogP contribution in [0.1, 0.15) is 24.8 Å². The Labute approximate surface area is 107 Å². The average Bonchev–Trinajstić information content (AvgIpc) is 2.82. The molecule has 18 heavy (non-hydrogen) atoms. The van der Waals surface area contributed by atoms with Crippen molar-refractivity contribution < 1.29 is 9.18 Å². The van der Waals surface area contributed by atoms with Gasteiger partial charge < -0.3 is 11.1 Å². The van der Waals surface area contributed by atoms with E-state index in [0.29, 0.717) is 17.8 Å². The van der Waals surface area contributed by atoms with Gasteiger partial charge in [-0.1, -0.05) is 12.5 Å². The highest BCUT2D eigenvalue weighted by Crippen LogP contribution is 2.31. The molecule has 2 rings (SSSR count). The highest BCUT2D eigenvalue weighted by atomic mass is 19.1. The second-order valence-corrected chi connectivity index (χ2v) is 4.99. The third kappa shape index (κ3) is 2.70. The molecule has 2 atom stereocenters. The summed E-state index contributed by atoms with van der Waals surface area (Å²) in [6.07, 6.45) is 2.93. The van der Waals surface area contributed by atoms with Gasteiger partial charge in [-0.15, -0.1) is 0 Å². The predicted molar refractivity (Wildman–Crippen MR) is 69.7 cm³/mol. The molecule has 0 unspecified atom stereocenters. The topological polar surface area (TPSA) is 55.1 Å². The highest BCUT2D eigenvalue weighted by Gasteiger charge is 2.31. The van der Waals surface area contributed by atoms with Gasteiger partial charge in [0.05, 0.1) is 0 Å². The van der Waals surface area contributed by atoms with Crippen molar-refractivity contribution in [2.24, 2.45) is 17.6 Å². The molecule has 3 N–H and O–H groups in total. The van der Waals surface area contributed by atoms with Gasteiger partial charge in [0.25, 0.3) is 0 Å². The lowest BCUT2D eigenvalue weighted by molar-refractivity contribution is -0.120. The van der Waals surface area contributed by atoms with E-state index in [4.69, 9.17) is 5.73 Å². The van der Waals surface area contributed by atoms with Crippen molar-refractivity contribution in [1.29, 1.82) is 0 Å². The summed E-state index contributed by atoms with van der Waals surface area (Å²) in [7, 11) is 0. The number of carbonyl (C=O) groups excluding carboxylic acids is 1. The molecule has 1 fully saturated rings. The third-order valence-corrected chi connectivity index (χ3v) is 3.74. The van der Waals surface area contributed by atoms with Crippen molar-refractivity contribution in [2.75, 3.05) is 11.9 Å². The quantitative estimate of drug-likeness (QED) is 0.865. The first-order chi connectivity index (χ1) is 8.61. The summed E-state index contributed by atoms with van der Waals surface area (Å²) in [5, 5.41) is 2.78. The number of halogens is 1. The number of carbonyl (C=O) groups is 1. The van der Waals surface area contributed by atoms with E-state index >= 15 is 0 Å². The number of aryl methyl sites for hydroxylation is 1. The van der Waals surface area contributed by atoms with Crippen LogP contribution in [0.15, 0.2) is 18.2 Å². The van der Waals surface area contributed by atoms with E-state index in [1.165, 1.54) is 6.07 Å². The van der Waals surface area contributed by atoms with Crippen molar-refractivity contribution in [3.05, 3.63) is 29.6 Å². The number of rotatable bonds is 3. The number of hydrogen-bond donors (Lipinski definition) is 2. The molecule has 0 aromatic heterocycles. The zero-order valence-electron chi connectivity index (χ0n) is 10.6. The van der Waals surface area contributed by atoms with Gasteiger partial charge in [0, 0.05) is 11.6 Å². The Balaban J connectivity index is 2.04. The van der Waals surface area contributed by atoms with Crippen LogP contribution in [-0.2, 0) is 4.79 Å². The second kappa shape index (κ2) is 5.48. The smallest absolute Gasteiger partial charge is 0.227 e. The highest BCUT2D eigenvalue weighted by molar-refractivity contribution is 5.92. The number of amides is 1. The molecule has 1 aromatic carbocycles. The largest absolute Gasteiger partial charge is 0.330 e. The van der Waals surface area contributed by atoms with E-state index in [9.17, 15) is 9.18 Å². The molecule has 1 aliphatic rings. The summed E-state index contributed by atoms with van der Waals surface area (Å²) in [5.74, 6) is -0.0968. The number of anilines is 1. The molecular weight excluding hydrogens is 231 g/mol. The summed E-state index contributed by atoms with van der Waals surface area (Å²) in [4.78, 5) is 12.1. The normalized spacial score (nSPS) is 23.1. The van der Waals surface area contributed by atoms with Crippen LogP contribution in [0.2, 0.25) is 0 Å². The Hall–Kier alpha value is -1.42. The lowest BCUT2D eigenvalue weighted by Crippen LogP contribution is -2.29. The van der Waals surface area contributed by atoms with Gasteiger partial charge in [-0.05, 0) is 49.9 Å². The molecule has 1 aliphatic carbocycles. The van der Waals surface area contributed by atoms with Crippen molar-refractivity contribution in [2.45, 2.75) is 26.2 Å². The van der Waals surface area contributed by atoms with Crippen molar-refractivity contribution in [3.8, 4) is 0 Å². The van der Waals surface area contributed by atoms with Gasteiger partial charge in [-0.2, -0.15) is 0 Å². The zero-order chi connectivity index (χ0) is 13.1. The van der Waals surface area contributed by atoms with E-state index < -0.39 is 0 Å². The number of benzene rings is 1. The Morgan fingerprint density at radius 3 is 2.94 bits per heavy atom. The molecule has 0 radical (unpaired) electrons. The van der Waals surface area contributed by atoms with Crippen LogP contribution in [0.3, 0.4) is 0 Å². The molecule has 0 spiro atoms. The molecule has 1 saturated carbocycles. The Kier molecular flexibility index (Phi) is 3.97. The first-order valence-corrected chi connectivity index (χ1v) is 6.39. The van der Waals surface area contributed by atoms with E-state index in [0.717, 1.165) is 19.3 Å². The van der Waals surface area contributed by atoms with Crippen molar-refractivity contribution in [3.63, 3.8) is 0 Å². The molecule has 0 saturated heterocycles. The van der Waals surface area contributed by atoms with Crippen LogP contribution < -0.4 is 11.1 Å². The van der Waals surface area contributed by atoms with Gasteiger partial charge in [-0.3, -0.25) is 4.79 Å². The molecule has 4 heteroatoms. The van der Waals surface area contributed by atoms with Crippen LogP contribution in [0.4, 0.5) is 10.1 Å². The summed E-state index contributed by atoms with van der Waals surface area (Å²) in [5.41, 5.74) is 6.76. The van der Waals surface area contributed by atoms with Gasteiger partial charge in [0.1, 0.15) is 5.82 Å². The van der Waals surface area contributed by atoms with Gasteiger partial charge in [0.15, 0.2) is 0 Å². The minimum Gasteiger partial charge on any atom is -0.330 e. The number of nitrogens with two attached hydrogens (primary N) is 1. The van der Waals surface area contributed by atoms with Crippen LogP contribution in [-0.4, -0.2) is 12.5 Å². The average molecular weight is 250 g/mol. The second-order valence-electron chi connectivity index (χ2n) is 4.99. The van der Waals surface area contributed by atoms with E-state index in [2.05, 4.69) is 5.32 Å². The van der Waals surface area contributed by atoms with E-state index in [1.807, 2.05) is 0 Å². The maximum Gasteiger partial charge on any atom is 0.227 e. The fraction of sp³-hybridized carbons (Fsp3) is 0.500. The Bertz CT molecular complexity index is 447. The Morgan fingerprint density at radius 2 is 2.28 bits per heavy atom. The monoisotopic (exact) mass is 250 g/mol. The SMILES string of the molecule is Cc1ccc(NC(=O)[C@@H]2CCC[C@@H]2CN)cc1F. The molecule has 0 aliphatic heterocycles. The number of hydrogen-bond acceptors (Lipinski definition) is 2. The van der Waals surface area contributed by atoms with Gasteiger partial charge >= 0.3 is 0 Å². The van der Waals surface area contributed by atoms with Gasteiger partial charge in [0.2, 0.25) is 5.91 Å². The summed E-state index contributed by atoms with van der Waals surface area (Å²) in [6, 6.07) is 4.75. The molecule has 0 heterocycles. The van der Waals surface area contributed by atoms with Crippen LogP contribution in [0.25, 0.3) is 0 Å². The predicted octanol–water partition coefficient (Wildman–Crippen LogP) is 2.45. The molecule has 98 valence electrons. The Morgan fingerprint density at radius 1 is 1.50 bits per heavy atom. The summed E-state index contributed by atoms with van der Waals surface area (Å²) >= 11 is 0. The number of nitrogens with one attached hydrogen (secondary N) is 1. The minimum atomic E-state index is -0.297. The first kappa shape index (κ1) is 13.0. The van der Waals surface area contributed by atoms with Crippen LogP contribution in [0, 0.1) is 24.6 Å². The summed E-state index contributed by atoms with van der Waals surface area (Å²) in [6.45, 7) is 2.24. The first-order valence-electron chi connectivity index (χ1n) is 6.39. The summed E-state index contributed by atoms with van der Waals surface area (Å²) < 4.78 is 13.4. The van der Waals surface area contributed by atoms with Crippen molar-refractivity contribution in [1.82, 2.24) is 0 Å². The fourth-order valence-corrected chi connectivity index (χ4v) is 2.57. The molecule has 0 bridgehead atoms. The molecular formula is C14H19FN2O. The third-order valence-electron chi connectivity index (χ3n) is 3.74. The lowest BCUT2D eigenvalue weighted by atomic mass is 9.95. The van der Waals surface area contributed by atoms with Crippen molar-refractivity contribution >= 4 is 11.6 Å². The van der Waals surface area contributed by atoms with E-state index in [-0.39, 0.29) is 23.6 Å². The fourth-order valence-electron chi connectivity index (χ4n) is 2.57. The molecule has 1 amide bonds. The van der Waals surface area contributed by atoms with E-state index in [1.54, 1.807) is 19.1 Å². The van der Waals surface area contributed by atoms with Crippen LogP contribution >= 0.6 is 0 Å². The standard InChI is InChI=1S/C14H19FN2O/c1-9-5-6-11(7-13(9)15)17-14(18)12-4-2-3-10(12)8-16/h5-7,10,12H,2-4,8,16H2,1H3,(H,17,18)/t10-,12-/m1/s1. The van der Waals surface area contributed by atoms with Crippen LogP contribution in [0.5, 0.6) is 0 Å². The maximum atomic E-state index is 13.4. The molecule has 3 nitrogen and oxygen atoms in total. The maximum absolute atomic E-state index is 13.4. The molecule has 1 aromatic rings. The lowest BCUT2D eigenvalue weighted by Gasteiger charge is -2.17.